The SMILES string of the molecule is Cc1cc(-c2[nH]ncc2C=O)cs1. The molecule has 0 aliphatic carbocycles. The van der Waals surface area contributed by atoms with Crippen LogP contribution < -0.4 is 0 Å². The number of nitrogens with zero attached hydrogens (tertiary/aromatic N) is 1. The van der Waals surface area contributed by atoms with Crippen LogP contribution in [0.25, 0.3) is 11.3 Å². The zero-order valence-electron chi connectivity index (χ0n) is 7.07. The van der Waals surface area contributed by atoms with E-state index in [2.05, 4.69) is 10.2 Å². The molecule has 2 heterocycles. The molecular weight excluding hydrogens is 184 g/mol. The van der Waals surface area contributed by atoms with Gasteiger partial charge >= 0.3 is 0 Å². The Bertz CT molecular complexity index is 430. The smallest absolute Gasteiger partial charge is 0.153 e. The second-order valence-corrected chi connectivity index (χ2v) is 3.88. The summed E-state index contributed by atoms with van der Waals surface area (Å²) in [7, 11) is 0. The number of hydrogen-bond donors (Lipinski definition) is 1. The molecule has 2 rings (SSSR count). The molecule has 3 nitrogen and oxygen atoms in total. The van der Waals surface area contributed by atoms with E-state index in [1.54, 1.807) is 11.3 Å². The van der Waals surface area contributed by atoms with E-state index in [-0.39, 0.29) is 0 Å². The van der Waals surface area contributed by atoms with E-state index < -0.39 is 0 Å². The average Bonchev–Trinajstić information content (AvgIpc) is 2.71. The van der Waals surface area contributed by atoms with Crippen LogP contribution in [0.1, 0.15) is 15.2 Å². The summed E-state index contributed by atoms with van der Waals surface area (Å²) in [4.78, 5) is 11.8. The second-order valence-electron chi connectivity index (χ2n) is 2.76. The van der Waals surface area contributed by atoms with Gasteiger partial charge in [0.05, 0.1) is 17.5 Å². The number of aromatic amines is 1. The molecule has 4 heteroatoms. The van der Waals surface area contributed by atoms with Crippen LogP contribution in [0.5, 0.6) is 0 Å². The third-order valence-electron chi connectivity index (χ3n) is 1.81. The Balaban J connectivity index is 2.51. The van der Waals surface area contributed by atoms with Crippen molar-refractivity contribution in [3.63, 3.8) is 0 Å². The maximum Gasteiger partial charge on any atom is 0.153 e. The molecule has 0 bridgehead atoms. The van der Waals surface area contributed by atoms with E-state index in [0.29, 0.717) is 5.56 Å². The molecule has 1 N–H and O–H groups in total. The van der Waals surface area contributed by atoms with Gasteiger partial charge in [-0.15, -0.1) is 11.3 Å². The monoisotopic (exact) mass is 192 g/mol. The minimum absolute atomic E-state index is 0.609. The first-order valence-electron chi connectivity index (χ1n) is 3.85. The van der Waals surface area contributed by atoms with E-state index in [9.17, 15) is 4.79 Å². The maximum absolute atomic E-state index is 10.6. The predicted octanol–water partition coefficient (Wildman–Crippen LogP) is 2.26. The van der Waals surface area contributed by atoms with Crippen LogP contribution in [0.4, 0.5) is 0 Å². The molecular formula is C9H8N2OS. The Morgan fingerprint density at radius 2 is 2.46 bits per heavy atom. The fourth-order valence-corrected chi connectivity index (χ4v) is 1.88. The van der Waals surface area contributed by atoms with Crippen LogP contribution in [0, 0.1) is 6.92 Å². The lowest BCUT2D eigenvalue weighted by molar-refractivity contribution is 0.112. The molecule has 2 aromatic rings. The van der Waals surface area contributed by atoms with Crippen LogP contribution in [0.2, 0.25) is 0 Å². The van der Waals surface area contributed by atoms with E-state index in [1.165, 1.54) is 11.1 Å². The van der Waals surface area contributed by atoms with Crippen molar-refractivity contribution < 1.29 is 4.79 Å². The second kappa shape index (κ2) is 3.14. The highest BCUT2D eigenvalue weighted by atomic mass is 32.1. The highest BCUT2D eigenvalue weighted by molar-refractivity contribution is 7.10. The van der Waals surface area contributed by atoms with Crippen LogP contribution in [0.15, 0.2) is 17.6 Å². The lowest BCUT2D eigenvalue weighted by atomic mass is 10.1. The van der Waals surface area contributed by atoms with Crippen molar-refractivity contribution in [1.29, 1.82) is 0 Å². The molecule has 2 aromatic heterocycles. The van der Waals surface area contributed by atoms with Crippen molar-refractivity contribution in [2.45, 2.75) is 6.92 Å². The van der Waals surface area contributed by atoms with Crippen molar-refractivity contribution >= 4 is 17.6 Å². The van der Waals surface area contributed by atoms with Gasteiger partial charge in [0.1, 0.15) is 0 Å². The molecule has 13 heavy (non-hydrogen) atoms. The van der Waals surface area contributed by atoms with E-state index in [0.717, 1.165) is 17.5 Å². The first-order valence-corrected chi connectivity index (χ1v) is 4.73. The third kappa shape index (κ3) is 1.40. The van der Waals surface area contributed by atoms with Gasteiger partial charge in [0.15, 0.2) is 6.29 Å². The van der Waals surface area contributed by atoms with Crippen LogP contribution in [-0.4, -0.2) is 16.5 Å². The van der Waals surface area contributed by atoms with Crippen molar-refractivity contribution in [3.05, 3.63) is 28.1 Å². The topological polar surface area (TPSA) is 45.8 Å². The van der Waals surface area contributed by atoms with E-state index >= 15 is 0 Å². The zero-order valence-corrected chi connectivity index (χ0v) is 7.89. The first kappa shape index (κ1) is 8.19. The predicted molar refractivity (Wildman–Crippen MR) is 52.0 cm³/mol. The molecule has 0 unspecified atom stereocenters. The Morgan fingerprint density at radius 1 is 1.62 bits per heavy atom. The fourth-order valence-electron chi connectivity index (χ4n) is 1.19. The minimum atomic E-state index is 0.609. The van der Waals surface area contributed by atoms with Gasteiger partial charge in [0.25, 0.3) is 0 Å². The lowest BCUT2D eigenvalue weighted by Crippen LogP contribution is -1.80. The standard InChI is InChI=1S/C9H8N2OS/c1-6-2-7(5-13-6)9-8(4-12)3-10-11-9/h2-5H,1H3,(H,10,11). The van der Waals surface area contributed by atoms with Crippen LogP contribution in [-0.2, 0) is 0 Å². The Labute approximate surface area is 79.4 Å². The summed E-state index contributed by atoms with van der Waals surface area (Å²) in [5.74, 6) is 0. The van der Waals surface area contributed by atoms with Crippen LogP contribution in [0.3, 0.4) is 0 Å². The molecule has 0 aromatic carbocycles. The van der Waals surface area contributed by atoms with Gasteiger partial charge in [-0.1, -0.05) is 0 Å². The zero-order chi connectivity index (χ0) is 9.26. The summed E-state index contributed by atoms with van der Waals surface area (Å²) < 4.78 is 0. The Kier molecular flexibility index (Phi) is 1.98. The first-order chi connectivity index (χ1) is 6.31. The Hall–Kier alpha value is -1.42. The summed E-state index contributed by atoms with van der Waals surface area (Å²) in [6.07, 6.45) is 2.35. The number of rotatable bonds is 2. The summed E-state index contributed by atoms with van der Waals surface area (Å²) in [6.45, 7) is 2.03. The van der Waals surface area contributed by atoms with Gasteiger partial charge in [0, 0.05) is 15.8 Å². The molecule has 0 aliphatic heterocycles. The van der Waals surface area contributed by atoms with Gasteiger partial charge in [-0.05, 0) is 13.0 Å². The van der Waals surface area contributed by atoms with Crippen molar-refractivity contribution in [2.75, 3.05) is 0 Å². The summed E-state index contributed by atoms with van der Waals surface area (Å²) in [6, 6.07) is 2.03. The fraction of sp³-hybridized carbons (Fsp3) is 0.111. The van der Waals surface area contributed by atoms with Gasteiger partial charge in [-0.3, -0.25) is 9.89 Å². The molecule has 66 valence electrons. The minimum Gasteiger partial charge on any atom is -0.298 e. The van der Waals surface area contributed by atoms with Crippen molar-refractivity contribution in [2.24, 2.45) is 0 Å². The average molecular weight is 192 g/mol. The number of aldehydes is 1. The lowest BCUT2D eigenvalue weighted by Gasteiger charge is -1.91. The number of H-pyrrole nitrogens is 1. The number of carbonyl (C=O) groups is 1. The van der Waals surface area contributed by atoms with Gasteiger partial charge in [-0.25, -0.2) is 0 Å². The molecule has 0 atom stereocenters. The summed E-state index contributed by atoms with van der Waals surface area (Å²) in [5, 5.41) is 8.65. The normalized spacial score (nSPS) is 10.2. The Morgan fingerprint density at radius 3 is 3.08 bits per heavy atom. The number of carbonyl (C=O) groups excluding carboxylic acids is 1. The highest BCUT2D eigenvalue weighted by Crippen LogP contribution is 2.25. The largest absolute Gasteiger partial charge is 0.298 e. The highest BCUT2D eigenvalue weighted by Gasteiger charge is 2.07. The molecule has 0 amide bonds. The third-order valence-corrected chi connectivity index (χ3v) is 2.68. The van der Waals surface area contributed by atoms with Gasteiger partial charge in [-0.2, -0.15) is 5.10 Å². The molecule has 0 fully saturated rings. The molecule has 0 spiro atoms. The number of aryl methyl sites for hydroxylation is 1. The number of nitrogens with one attached hydrogen (secondary N) is 1. The number of hydrogen-bond acceptors (Lipinski definition) is 3. The van der Waals surface area contributed by atoms with Crippen LogP contribution >= 0.6 is 11.3 Å². The molecule has 0 saturated heterocycles. The summed E-state index contributed by atoms with van der Waals surface area (Å²) in [5.41, 5.74) is 2.44. The quantitative estimate of drug-likeness (QED) is 0.742. The summed E-state index contributed by atoms with van der Waals surface area (Å²) >= 11 is 1.66. The van der Waals surface area contributed by atoms with E-state index in [1.807, 2.05) is 18.4 Å². The maximum atomic E-state index is 10.6. The molecule has 0 aliphatic rings. The number of aromatic nitrogens is 2. The molecule has 0 saturated carbocycles. The van der Waals surface area contributed by atoms with Crippen molar-refractivity contribution in [3.8, 4) is 11.3 Å². The van der Waals surface area contributed by atoms with Crippen molar-refractivity contribution in [1.82, 2.24) is 10.2 Å². The van der Waals surface area contributed by atoms with E-state index in [4.69, 9.17) is 0 Å². The van der Waals surface area contributed by atoms with Gasteiger partial charge < -0.3 is 0 Å². The molecule has 0 radical (unpaired) electrons. The number of thiophene rings is 1. The van der Waals surface area contributed by atoms with Gasteiger partial charge in [0.2, 0.25) is 0 Å².